The molecule has 1 aromatic heterocycles. The third kappa shape index (κ3) is 3.84. The van der Waals surface area contributed by atoms with Gasteiger partial charge in [-0.25, -0.2) is 4.79 Å². The molecule has 0 saturated carbocycles. The fraction of sp³-hybridized carbons (Fsp3) is 0.238. The molecule has 0 aliphatic carbocycles. The van der Waals surface area contributed by atoms with Gasteiger partial charge in [-0.3, -0.25) is 4.79 Å². The van der Waals surface area contributed by atoms with Crippen LogP contribution < -0.4 is 11.1 Å². The maximum absolute atomic E-state index is 13.1. The summed E-state index contributed by atoms with van der Waals surface area (Å²) >= 11 is 1.54. The van der Waals surface area contributed by atoms with Crippen LogP contribution in [0.5, 0.6) is 0 Å². The molecular formula is C21H23N3O3S. The fourth-order valence-electron chi connectivity index (χ4n) is 3.13. The maximum Gasteiger partial charge on any atom is 0.329 e. The molecule has 1 heterocycles. The van der Waals surface area contributed by atoms with Gasteiger partial charge in [-0.1, -0.05) is 30.3 Å². The first kappa shape index (κ1) is 19.8. The van der Waals surface area contributed by atoms with Gasteiger partial charge in [-0.2, -0.15) is 11.8 Å². The second-order valence-corrected chi connectivity index (χ2v) is 7.87. The Bertz CT molecular complexity index is 1020. The molecule has 0 fully saturated rings. The SMILES string of the molecule is CSCC[C@](C)(NC(=O)c1[nH]c2ccc(N)cc2c1-c1ccccc1)C(=O)O. The van der Waals surface area contributed by atoms with E-state index < -0.39 is 17.4 Å². The van der Waals surface area contributed by atoms with Gasteiger partial charge in [0.15, 0.2) is 0 Å². The van der Waals surface area contributed by atoms with Crippen LogP contribution in [0, 0.1) is 0 Å². The second-order valence-electron chi connectivity index (χ2n) is 6.88. The molecular weight excluding hydrogens is 374 g/mol. The molecule has 2 aromatic carbocycles. The number of rotatable bonds is 7. The third-order valence-electron chi connectivity index (χ3n) is 4.78. The van der Waals surface area contributed by atoms with Gasteiger partial charge in [-0.15, -0.1) is 0 Å². The van der Waals surface area contributed by atoms with Gasteiger partial charge in [0.05, 0.1) is 0 Å². The number of carbonyl (C=O) groups excluding carboxylic acids is 1. The monoisotopic (exact) mass is 397 g/mol. The number of aromatic amines is 1. The zero-order chi connectivity index (χ0) is 20.3. The first-order valence-corrected chi connectivity index (χ1v) is 10.3. The molecule has 1 atom stereocenters. The number of fused-ring (bicyclic) bond motifs is 1. The largest absolute Gasteiger partial charge is 0.480 e. The van der Waals surface area contributed by atoms with E-state index in [1.807, 2.05) is 48.7 Å². The number of hydrogen-bond donors (Lipinski definition) is 4. The molecule has 5 N–H and O–H groups in total. The summed E-state index contributed by atoms with van der Waals surface area (Å²) in [5, 5.41) is 13.2. The zero-order valence-electron chi connectivity index (χ0n) is 15.8. The van der Waals surface area contributed by atoms with E-state index in [0.29, 0.717) is 29.1 Å². The van der Waals surface area contributed by atoms with Crippen LogP contribution >= 0.6 is 11.8 Å². The van der Waals surface area contributed by atoms with Crippen molar-refractivity contribution in [1.29, 1.82) is 0 Å². The molecule has 0 unspecified atom stereocenters. The predicted octanol–water partition coefficient (Wildman–Crippen LogP) is 3.74. The van der Waals surface area contributed by atoms with E-state index in [9.17, 15) is 14.7 Å². The topological polar surface area (TPSA) is 108 Å². The minimum atomic E-state index is -1.36. The molecule has 3 aromatic rings. The quantitative estimate of drug-likeness (QED) is 0.454. The normalized spacial score (nSPS) is 13.2. The van der Waals surface area contributed by atoms with Crippen LogP contribution in [-0.2, 0) is 4.79 Å². The predicted molar refractivity (Wildman–Crippen MR) is 115 cm³/mol. The maximum atomic E-state index is 13.1. The van der Waals surface area contributed by atoms with Crippen LogP contribution in [0.4, 0.5) is 5.69 Å². The molecule has 0 saturated heterocycles. The Morgan fingerprint density at radius 1 is 1.21 bits per heavy atom. The van der Waals surface area contributed by atoms with Crippen molar-refractivity contribution < 1.29 is 14.7 Å². The van der Waals surface area contributed by atoms with E-state index in [1.54, 1.807) is 6.07 Å². The summed E-state index contributed by atoms with van der Waals surface area (Å²) in [6.07, 6.45) is 2.22. The average Bonchev–Trinajstić information content (AvgIpc) is 3.05. The standard InChI is InChI=1S/C21H23N3O3S/c1-21(20(26)27,10-11-28-2)24-19(25)18-17(13-6-4-3-5-7-13)15-12-14(22)8-9-16(15)23-18/h3-9,12,23H,10-11,22H2,1-2H3,(H,24,25)(H,26,27)/t21-/m0/s1. The first-order chi connectivity index (χ1) is 13.4. The van der Waals surface area contributed by atoms with E-state index in [-0.39, 0.29) is 0 Å². The molecule has 0 aliphatic heterocycles. The number of aliphatic carboxylic acids is 1. The molecule has 0 spiro atoms. The van der Waals surface area contributed by atoms with E-state index in [2.05, 4.69) is 10.3 Å². The fourth-order valence-corrected chi connectivity index (χ4v) is 3.74. The number of benzene rings is 2. The van der Waals surface area contributed by atoms with Crippen LogP contribution in [-0.4, -0.2) is 39.5 Å². The van der Waals surface area contributed by atoms with Gasteiger partial charge in [0.1, 0.15) is 11.2 Å². The van der Waals surface area contributed by atoms with Gasteiger partial charge in [-0.05, 0) is 49.1 Å². The van der Waals surface area contributed by atoms with Gasteiger partial charge >= 0.3 is 5.97 Å². The molecule has 7 heteroatoms. The smallest absolute Gasteiger partial charge is 0.329 e. The molecule has 28 heavy (non-hydrogen) atoms. The van der Waals surface area contributed by atoms with Crippen LogP contribution in [0.1, 0.15) is 23.8 Å². The lowest BCUT2D eigenvalue weighted by Gasteiger charge is -2.26. The van der Waals surface area contributed by atoms with Crippen molar-refractivity contribution in [2.45, 2.75) is 18.9 Å². The molecule has 0 aliphatic rings. The molecule has 1 amide bonds. The summed E-state index contributed by atoms with van der Waals surface area (Å²) in [4.78, 5) is 28.1. The van der Waals surface area contributed by atoms with Crippen molar-refractivity contribution >= 4 is 40.2 Å². The van der Waals surface area contributed by atoms with Crippen molar-refractivity contribution in [2.24, 2.45) is 0 Å². The highest BCUT2D eigenvalue weighted by Crippen LogP contribution is 2.34. The highest BCUT2D eigenvalue weighted by Gasteiger charge is 2.35. The minimum absolute atomic E-state index is 0.323. The summed E-state index contributed by atoms with van der Waals surface area (Å²) in [7, 11) is 0. The summed E-state index contributed by atoms with van der Waals surface area (Å²) in [5.41, 5.74) is 7.84. The Hall–Kier alpha value is -2.93. The van der Waals surface area contributed by atoms with Crippen molar-refractivity contribution in [2.75, 3.05) is 17.7 Å². The van der Waals surface area contributed by atoms with Crippen LogP contribution in [0.25, 0.3) is 22.0 Å². The first-order valence-electron chi connectivity index (χ1n) is 8.87. The highest BCUT2D eigenvalue weighted by molar-refractivity contribution is 7.98. The lowest BCUT2D eigenvalue weighted by atomic mass is 9.97. The van der Waals surface area contributed by atoms with E-state index in [1.165, 1.54) is 18.7 Å². The number of anilines is 1. The van der Waals surface area contributed by atoms with Crippen molar-refractivity contribution in [3.05, 3.63) is 54.2 Å². The Morgan fingerprint density at radius 3 is 2.57 bits per heavy atom. The lowest BCUT2D eigenvalue weighted by molar-refractivity contribution is -0.143. The summed E-state index contributed by atoms with van der Waals surface area (Å²) in [6.45, 7) is 1.53. The number of amides is 1. The molecule has 6 nitrogen and oxygen atoms in total. The molecule has 0 bridgehead atoms. The van der Waals surface area contributed by atoms with Crippen molar-refractivity contribution in [3.8, 4) is 11.1 Å². The molecule has 0 radical (unpaired) electrons. The Balaban J connectivity index is 2.09. The van der Waals surface area contributed by atoms with Crippen LogP contribution in [0.2, 0.25) is 0 Å². The van der Waals surface area contributed by atoms with Gasteiger partial charge in [0.25, 0.3) is 5.91 Å². The Labute approximate surface area is 167 Å². The van der Waals surface area contributed by atoms with Gasteiger partial charge in [0.2, 0.25) is 0 Å². The number of carboxylic acid groups (broad SMARTS) is 1. The average molecular weight is 398 g/mol. The molecule has 3 rings (SSSR count). The third-order valence-corrected chi connectivity index (χ3v) is 5.39. The Morgan fingerprint density at radius 2 is 1.93 bits per heavy atom. The minimum Gasteiger partial charge on any atom is -0.480 e. The van der Waals surface area contributed by atoms with Crippen LogP contribution in [0.3, 0.4) is 0 Å². The second kappa shape index (κ2) is 7.98. The number of aromatic nitrogens is 1. The highest BCUT2D eigenvalue weighted by atomic mass is 32.2. The molecule has 146 valence electrons. The number of carboxylic acids is 1. The van der Waals surface area contributed by atoms with E-state index in [0.717, 1.165) is 16.5 Å². The summed E-state index contributed by atoms with van der Waals surface area (Å²) in [6, 6.07) is 14.9. The summed E-state index contributed by atoms with van der Waals surface area (Å²) < 4.78 is 0. The number of nitrogens with one attached hydrogen (secondary N) is 2. The number of H-pyrrole nitrogens is 1. The zero-order valence-corrected chi connectivity index (χ0v) is 16.6. The number of thioether (sulfide) groups is 1. The van der Waals surface area contributed by atoms with Crippen molar-refractivity contribution in [1.82, 2.24) is 10.3 Å². The number of nitrogens with two attached hydrogens (primary N) is 1. The van der Waals surface area contributed by atoms with E-state index >= 15 is 0 Å². The van der Waals surface area contributed by atoms with Crippen LogP contribution in [0.15, 0.2) is 48.5 Å². The summed E-state index contributed by atoms with van der Waals surface area (Å²) in [5.74, 6) is -0.895. The number of carbonyl (C=O) groups is 2. The number of hydrogen-bond acceptors (Lipinski definition) is 4. The van der Waals surface area contributed by atoms with Crippen molar-refractivity contribution in [3.63, 3.8) is 0 Å². The van der Waals surface area contributed by atoms with Gasteiger partial charge in [0, 0.05) is 22.2 Å². The number of nitrogen functional groups attached to an aromatic ring is 1. The van der Waals surface area contributed by atoms with Gasteiger partial charge < -0.3 is 21.1 Å². The van der Waals surface area contributed by atoms with E-state index in [4.69, 9.17) is 5.73 Å². The lowest BCUT2D eigenvalue weighted by Crippen LogP contribution is -2.52. The Kier molecular flexibility index (Phi) is 5.65.